The Balaban J connectivity index is 1.34. The number of rotatable bonds is 3. The number of aromatic nitrogens is 3. The van der Waals surface area contributed by atoms with Crippen molar-refractivity contribution < 1.29 is 9.21 Å². The highest BCUT2D eigenvalue weighted by molar-refractivity contribution is 5.83. The molecule has 0 bridgehead atoms. The molecule has 0 radical (unpaired) electrons. The Kier molecular flexibility index (Phi) is 4.54. The summed E-state index contributed by atoms with van der Waals surface area (Å²) in [5.74, 6) is 0.251. The number of para-hydroxylation sites is 4. The summed E-state index contributed by atoms with van der Waals surface area (Å²) in [6.45, 7) is 4.47. The standard InChI is InChI=1S/C22H23N5O3/c1-15(27-18-9-4-5-10-19(18)30-22(27)29)20(28)25-11-6-12-26(14-13-25)21-23-16-7-2-3-8-17(16)24-21/h2-5,7-10,15H,6,11-14H2,1H3,(H,23,24). The van der Waals surface area contributed by atoms with E-state index in [1.807, 2.05) is 41.3 Å². The number of carbonyl (C=O) groups excluding carboxylic acids is 1. The van der Waals surface area contributed by atoms with Crippen molar-refractivity contribution >= 4 is 34.0 Å². The van der Waals surface area contributed by atoms with Gasteiger partial charge >= 0.3 is 5.76 Å². The quantitative estimate of drug-likeness (QED) is 0.566. The van der Waals surface area contributed by atoms with Crippen LogP contribution in [0.3, 0.4) is 0 Å². The average molecular weight is 405 g/mol. The van der Waals surface area contributed by atoms with E-state index in [2.05, 4.69) is 14.9 Å². The lowest BCUT2D eigenvalue weighted by molar-refractivity contribution is -0.134. The topological polar surface area (TPSA) is 87.4 Å². The maximum atomic E-state index is 13.2. The van der Waals surface area contributed by atoms with Crippen molar-refractivity contribution in [2.24, 2.45) is 0 Å². The van der Waals surface area contributed by atoms with Gasteiger partial charge in [0, 0.05) is 26.2 Å². The normalized spacial score (nSPS) is 16.2. The molecule has 1 saturated heterocycles. The van der Waals surface area contributed by atoms with Crippen molar-refractivity contribution in [1.29, 1.82) is 0 Å². The van der Waals surface area contributed by atoms with Crippen LogP contribution in [0.25, 0.3) is 22.1 Å². The summed E-state index contributed by atoms with van der Waals surface area (Å²) in [5, 5.41) is 0. The van der Waals surface area contributed by atoms with Gasteiger partial charge in [0.25, 0.3) is 0 Å². The zero-order valence-corrected chi connectivity index (χ0v) is 16.7. The Labute approximate surface area is 172 Å². The molecule has 0 aliphatic carbocycles. The molecule has 0 saturated carbocycles. The minimum atomic E-state index is -0.626. The number of imidazole rings is 1. The largest absolute Gasteiger partial charge is 0.420 e. The van der Waals surface area contributed by atoms with Crippen LogP contribution >= 0.6 is 0 Å². The lowest BCUT2D eigenvalue weighted by atomic mass is 10.2. The zero-order valence-electron chi connectivity index (χ0n) is 16.7. The fraction of sp³-hybridized carbons (Fsp3) is 0.318. The predicted octanol–water partition coefficient (Wildman–Crippen LogP) is 2.77. The first-order valence-corrected chi connectivity index (χ1v) is 10.2. The Morgan fingerprint density at radius 3 is 2.73 bits per heavy atom. The second kappa shape index (κ2) is 7.37. The van der Waals surface area contributed by atoms with Gasteiger partial charge in [-0.25, -0.2) is 9.78 Å². The van der Waals surface area contributed by atoms with E-state index in [9.17, 15) is 9.59 Å². The van der Waals surface area contributed by atoms with Gasteiger partial charge in [0.2, 0.25) is 11.9 Å². The Bertz CT molecular complexity index is 1240. The average Bonchev–Trinajstić information content (AvgIpc) is 3.24. The van der Waals surface area contributed by atoms with Crippen LogP contribution in [-0.4, -0.2) is 51.5 Å². The molecule has 5 rings (SSSR count). The first-order valence-electron chi connectivity index (χ1n) is 10.2. The van der Waals surface area contributed by atoms with Crippen molar-refractivity contribution in [3.05, 3.63) is 59.1 Å². The van der Waals surface area contributed by atoms with Crippen LogP contribution < -0.4 is 10.7 Å². The monoisotopic (exact) mass is 405 g/mol. The van der Waals surface area contributed by atoms with E-state index in [4.69, 9.17) is 4.42 Å². The van der Waals surface area contributed by atoms with Crippen molar-refractivity contribution in [1.82, 2.24) is 19.4 Å². The molecule has 4 aromatic rings. The van der Waals surface area contributed by atoms with E-state index in [1.54, 1.807) is 19.1 Å². The molecular formula is C22H23N5O3. The minimum absolute atomic E-state index is 0.0740. The van der Waals surface area contributed by atoms with Gasteiger partial charge in [-0.05, 0) is 37.6 Å². The molecule has 154 valence electrons. The van der Waals surface area contributed by atoms with Crippen molar-refractivity contribution in [2.75, 3.05) is 31.1 Å². The summed E-state index contributed by atoms with van der Waals surface area (Å²) in [5.41, 5.74) is 3.07. The molecular weight excluding hydrogens is 382 g/mol. The molecule has 30 heavy (non-hydrogen) atoms. The molecule has 8 nitrogen and oxygen atoms in total. The predicted molar refractivity (Wildman–Crippen MR) is 115 cm³/mol. The molecule has 1 unspecified atom stereocenters. The summed E-state index contributed by atoms with van der Waals surface area (Å²) >= 11 is 0. The van der Waals surface area contributed by atoms with Crippen molar-refractivity contribution in [3.63, 3.8) is 0 Å². The van der Waals surface area contributed by atoms with Crippen LogP contribution in [0.15, 0.2) is 57.7 Å². The van der Waals surface area contributed by atoms with Crippen LogP contribution in [0.1, 0.15) is 19.4 Å². The van der Waals surface area contributed by atoms with Gasteiger partial charge in [0.15, 0.2) is 5.58 Å². The molecule has 3 heterocycles. The lowest BCUT2D eigenvalue weighted by Gasteiger charge is -2.25. The Hall–Kier alpha value is -3.55. The highest BCUT2D eigenvalue weighted by atomic mass is 16.4. The van der Waals surface area contributed by atoms with Gasteiger partial charge in [0.1, 0.15) is 6.04 Å². The van der Waals surface area contributed by atoms with Crippen LogP contribution in [-0.2, 0) is 4.79 Å². The maximum Gasteiger partial charge on any atom is 0.420 e. The summed E-state index contributed by atoms with van der Waals surface area (Å²) in [7, 11) is 0. The number of nitrogens with one attached hydrogen (secondary N) is 1. The van der Waals surface area contributed by atoms with Gasteiger partial charge in [-0.2, -0.15) is 0 Å². The van der Waals surface area contributed by atoms with E-state index < -0.39 is 11.8 Å². The minimum Gasteiger partial charge on any atom is -0.408 e. The molecule has 1 aliphatic heterocycles. The molecule has 1 amide bonds. The van der Waals surface area contributed by atoms with Gasteiger partial charge < -0.3 is 19.2 Å². The first-order chi connectivity index (χ1) is 14.6. The summed E-state index contributed by atoms with van der Waals surface area (Å²) < 4.78 is 6.75. The number of H-pyrrole nitrogens is 1. The maximum absolute atomic E-state index is 13.2. The van der Waals surface area contributed by atoms with Crippen LogP contribution in [0.4, 0.5) is 5.95 Å². The fourth-order valence-corrected chi connectivity index (χ4v) is 4.16. The number of hydrogen-bond donors (Lipinski definition) is 1. The van der Waals surface area contributed by atoms with E-state index in [0.29, 0.717) is 30.7 Å². The summed E-state index contributed by atoms with van der Waals surface area (Å²) in [4.78, 5) is 37.6. The highest BCUT2D eigenvalue weighted by Gasteiger charge is 2.28. The van der Waals surface area contributed by atoms with Crippen molar-refractivity contribution in [3.8, 4) is 0 Å². The second-order valence-corrected chi connectivity index (χ2v) is 7.63. The van der Waals surface area contributed by atoms with E-state index in [0.717, 1.165) is 29.9 Å². The second-order valence-electron chi connectivity index (χ2n) is 7.63. The van der Waals surface area contributed by atoms with Crippen LogP contribution in [0.2, 0.25) is 0 Å². The molecule has 1 aliphatic rings. The molecule has 1 fully saturated rings. The number of carbonyl (C=O) groups is 1. The number of anilines is 1. The lowest BCUT2D eigenvalue weighted by Crippen LogP contribution is -2.40. The highest BCUT2D eigenvalue weighted by Crippen LogP contribution is 2.21. The van der Waals surface area contributed by atoms with E-state index in [1.165, 1.54) is 4.57 Å². The molecule has 0 spiro atoms. The number of benzene rings is 2. The van der Waals surface area contributed by atoms with E-state index >= 15 is 0 Å². The zero-order chi connectivity index (χ0) is 20.7. The molecule has 2 aromatic heterocycles. The third-order valence-corrected chi connectivity index (χ3v) is 5.75. The smallest absolute Gasteiger partial charge is 0.408 e. The third kappa shape index (κ3) is 3.14. The molecule has 2 aromatic carbocycles. The number of fused-ring (bicyclic) bond motifs is 2. The Morgan fingerprint density at radius 1 is 1.07 bits per heavy atom. The van der Waals surface area contributed by atoms with Gasteiger partial charge in [-0.3, -0.25) is 9.36 Å². The molecule has 1 atom stereocenters. The van der Waals surface area contributed by atoms with Gasteiger partial charge in [-0.15, -0.1) is 0 Å². The number of oxazole rings is 1. The van der Waals surface area contributed by atoms with E-state index in [-0.39, 0.29) is 5.91 Å². The molecule has 8 heteroatoms. The van der Waals surface area contributed by atoms with Gasteiger partial charge in [0.05, 0.1) is 16.6 Å². The van der Waals surface area contributed by atoms with Crippen LogP contribution in [0, 0.1) is 0 Å². The van der Waals surface area contributed by atoms with Gasteiger partial charge in [-0.1, -0.05) is 24.3 Å². The Morgan fingerprint density at radius 2 is 1.87 bits per heavy atom. The van der Waals surface area contributed by atoms with Crippen molar-refractivity contribution in [2.45, 2.75) is 19.4 Å². The fourth-order valence-electron chi connectivity index (χ4n) is 4.16. The molecule has 1 N–H and O–H groups in total. The number of aromatic amines is 1. The summed E-state index contributed by atoms with van der Waals surface area (Å²) in [6, 6.07) is 14.5. The number of hydrogen-bond acceptors (Lipinski definition) is 5. The number of nitrogens with zero attached hydrogens (tertiary/aromatic N) is 4. The van der Waals surface area contributed by atoms with Crippen LogP contribution in [0.5, 0.6) is 0 Å². The summed E-state index contributed by atoms with van der Waals surface area (Å²) in [6.07, 6.45) is 0.830. The first kappa shape index (κ1) is 18.5. The third-order valence-electron chi connectivity index (χ3n) is 5.75. The number of amides is 1. The SMILES string of the molecule is CC(C(=O)N1CCCN(c2nc3ccccc3[nH]2)CC1)n1c(=O)oc2ccccc21.